The molecule has 1 nitrogen and oxygen atoms in total. The first-order valence-electron chi connectivity index (χ1n) is 6.08. The van der Waals surface area contributed by atoms with Crippen LogP contribution in [0.15, 0.2) is 36.4 Å². The average molecular weight is 316 g/mol. The standard InChI is InChI=1S/C15H13Cl2F2N/c1-20-14(9-5-6-11(16)12(17)7-9)8-10-3-2-4-13(18)15(10)19/h2-7,14,20H,8H2,1H3. The van der Waals surface area contributed by atoms with Crippen molar-refractivity contribution in [1.29, 1.82) is 0 Å². The summed E-state index contributed by atoms with van der Waals surface area (Å²) in [5.41, 5.74) is 1.18. The van der Waals surface area contributed by atoms with Crippen LogP contribution in [0.25, 0.3) is 0 Å². The maximum Gasteiger partial charge on any atom is 0.162 e. The highest BCUT2D eigenvalue weighted by Gasteiger charge is 2.15. The highest BCUT2D eigenvalue weighted by atomic mass is 35.5. The fourth-order valence-corrected chi connectivity index (χ4v) is 2.35. The van der Waals surface area contributed by atoms with Gasteiger partial charge in [0.1, 0.15) is 0 Å². The molecule has 0 saturated carbocycles. The lowest BCUT2D eigenvalue weighted by atomic mass is 9.98. The summed E-state index contributed by atoms with van der Waals surface area (Å²) in [6.45, 7) is 0. The third kappa shape index (κ3) is 3.29. The summed E-state index contributed by atoms with van der Waals surface area (Å²) in [5, 5.41) is 3.96. The predicted octanol–water partition coefficient (Wildman–Crippen LogP) is 4.77. The summed E-state index contributed by atoms with van der Waals surface area (Å²) < 4.78 is 26.9. The molecule has 1 N–H and O–H groups in total. The maximum absolute atomic E-state index is 13.7. The SMILES string of the molecule is CNC(Cc1cccc(F)c1F)c1ccc(Cl)c(Cl)c1. The fourth-order valence-electron chi connectivity index (χ4n) is 2.04. The molecular formula is C15H13Cl2F2N. The van der Waals surface area contributed by atoms with E-state index in [4.69, 9.17) is 23.2 Å². The van der Waals surface area contributed by atoms with Crippen molar-refractivity contribution in [1.82, 2.24) is 5.32 Å². The first kappa shape index (κ1) is 15.2. The number of rotatable bonds is 4. The molecule has 1 atom stereocenters. The van der Waals surface area contributed by atoms with Crippen LogP contribution in [-0.2, 0) is 6.42 Å². The van der Waals surface area contributed by atoms with E-state index in [-0.39, 0.29) is 6.04 Å². The monoisotopic (exact) mass is 315 g/mol. The van der Waals surface area contributed by atoms with E-state index in [1.54, 1.807) is 25.2 Å². The largest absolute Gasteiger partial charge is 0.313 e. The number of halogens is 4. The smallest absolute Gasteiger partial charge is 0.162 e. The van der Waals surface area contributed by atoms with Crippen molar-refractivity contribution in [2.24, 2.45) is 0 Å². The molecule has 0 heterocycles. The Labute approximate surface area is 126 Å². The van der Waals surface area contributed by atoms with Gasteiger partial charge in [0.05, 0.1) is 10.0 Å². The van der Waals surface area contributed by atoms with Gasteiger partial charge < -0.3 is 5.32 Å². The van der Waals surface area contributed by atoms with Gasteiger partial charge in [-0.25, -0.2) is 8.78 Å². The molecule has 0 aromatic heterocycles. The molecule has 5 heteroatoms. The second-order valence-electron chi connectivity index (χ2n) is 4.43. The molecule has 2 aromatic carbocycles. The summed E-state index contributed by atoms with van der Waals surface area (Å²) >= 11 is 11.9. The van der Waals surface area contributed by atoms with E-state index in [1.165, 1.54) is 6.07 Å². The molecule has 1 unspecified atom stereocenters. The summed E-state index contributed by atoms with van der Waals surface area (Å²) in [6.07, 6.45) is 0.318. The maximum atomic E-state index is 13.7. The van der Waals surface area contributed by atoms with Crippen molar-refractivity contribution in [3.8, 4) is 0 Å². The van der Waals surface area contributed by atoms with E-state index in [2.05, 4.69) is 5.32 Å². The lowest BCUT2D eigenvalue weighted by molar-refractivity contribution is 0.487. The Kier molecular flexibility index (Phi) is 4.97. The molecular weight excluding hydrogens is 303 g/mol. The van der Waals surface area contributed by atoms with Gasteiger partial charge >= 0.3 is 0 Å². The number of hydrogen-bond acceptors (Lipinski definition) is 1. The van der Waals surface area contributed by atoms with Gasteiger partial charge in [-0.1, -0.05) is 41.4 Å². The molecule has 2 aromatic rings. The van der Waals surface area contributed by atoms with Crippen molar-refractivity contribution < 1.29 is 8.78 Å². The van der Waals surface area contributed by atoms with Crippen molar-refractivity contribution in [2.75, 3.05) is 7.05 Å². The van der Waals surface area contributed by atoms with Gasteiger partial charge in [-0.2, -0.15) is 0 Å². The Morgan fingerprint density at radius 1 is 1.10 bits per heavy atom. The van der Waals surface area contributed by atoms with Crippen LogP contribution in [0.4, 0.5) is 8.78 Å². The van der Waals surface area contributed by atoms with Crippen LogP contribution < -0.4 is 5.32 Å². The molecule has 2 rings (SSSR count). The summed E-state index contributed by atoms with van der Waals surface area (Å²) in [4.78, 5) is 0. The van der Waals surface area contributed by atoms with E-state index in [0.29, 0.717) is 22.0 Å². The Balaban J connectivity index is 2.28. The molecule has 0 aliphatic rings. The number of benzene rings is 2. The third-order valence-corrected chi connectivity index (χ3v) is 3.89. The lowest BCUT2D eigenvalue weighted by Crippen LogP contribution is -2.19. The quantitative estimate of drug-likeness (QED) is 0.856. The normalized spacial score (nSPS) is 12.4. The highest BCUT2D eigenvalue weighted by Crippen LogP contribution is 2.27. The van der Waals surface area contributed by atoms with Crippen LogP contribution in [0.3, 0.4) is 0 Å². The molecule has 0 aliphatic carbocycles. The van der Waals surface area contributed by atoms with Gasteiger partial charge in [0.25, 0.3) is 0 Å². The zero-order chi connectivity index (χ0) is 14.7. The van der Waals surface area contributed by atoms with Crippen molar-refractivity contribution in [2.45, 2.75) is 12.5 Å². The van der Waals surface area contributed by atoms with Crippen LogP contribution in [0, 0.1) is 11.6 Å². The van der Waals surface area contributed by atoms with Crippen LogP contribution in [0.2, 0.25) is 10.0 Å². The molecule has 0 aliphatic heterocycles. The lowest BCUT2D eigenvalue weighted by Gasteiger charge is -2.18. The zero-order valence-corrected chi connectivity index (χ0v) is 12.3. The summed E-state index contributed by atoms with van der Waals surface area (Å²) in [6, 6.07) is 9.21. The first-order valence-corrected chi connectivity index (χ1v) is 6.83. The van der Waals surface area contributed by atoms with E-state index in [9.17, 15) is 8.78 Å². The van der Waals surface area contributed by atoms with E-state index in [1.807, 2.05) is 6.07 Å². The van der Waals surface area contributed by atoms with Crippen LogP contribution >= 0.6 is 23.2 Å². The van der Waals surface area contributed by atoms with Crippen molar-refractivity contribution in [3.05, 3.63) is 69.2 Å². The van der Waals surface area contributed by atoms with Crippen LogP contribution in [0.5, 0.6) is 0 Å². The van der Waals surface area contributed by atoms with Gasteiger partial charge in [-0.05, 0) is 42.8 Å². The average Bonchev–Trinajstić information content (AvgIpc) is 2.44. The van der Waals surface area contributed by atoms with E-state index in [0.717, 1.165) is 11.6 Å². The Bertz CT molecular complexity index is 617. The number of nitrogens with one attached hydrogen (secondary N) is 1. The predicted molar refractivity (Wildman–Crippen MR) is 78.3 cm³/mol. The summed E-state index contributed by atoms with van der Waals surface area (Å²) in [5.74, 6) is -1.65. The molecule has 0 saturated heterocycles. The minimum absolute atomic E-state index is 0.180. The van der Waals surface area contributed by atoms with Crippen LogP contribution in [-0.4, -0.2) is 7.05 Å². The summed E-state index contributed by atoms with van der Waals surface area (Å²) in [7, 11) is 1.75. The van der Waals surface area contributed by atoms with Crippen molar-refractivity contribution >= 4 is 23.2 Å². The molecule has 20 heavy (non-hydrogen) atoms. The number of likely N-dealkylation sites (N-methyl/N-ethyl adjacent to an activating group) is 1. The Hall–Kier alpha value is -1.16. The highest BCUT2D eigenvalue weighted by molar-refractivity contribution is 6.42. The second kappa shape index (κ2) is 6.53. The topological polar surface area (TPSA) is 12.0 Å². The van der Waals surface area contributed by atoms with Gasteiger partial charge in [0, 0.05) is 6.04 Å². The fraction of sp³-hybridized carbons (Fsp3) is 0.200. The molecule has 0 spiro atoms. The minimum Gasteiger partial charge on any atom is -0.313 e. The first-order chi connectivity index (χ1) is 9.52. The van der Waals surface area contributed by atoms with Crippen LogP contribution in [0.1, 0.15) is 17.2 Å². The van der Waals surface area contributed by atoms with Gasteiger partial charge in [0.15, 0.2) is 11.6 Å². The third-order valence-electron chi connectivity index (χ3n) is 3.15. The molecule has 106 valence electrons. The molecule has 0 bridgehead atoms. The van der Waals surface area contributed by atoms with Crippen molar-refractivity contribution in [3.63, 3.8) is 0 Å². The Morgan fingerprint density at radius 3 is 2.50 bits per heavy atom. The minimum atomic E-state index is -0.841. The molecule has 0 fully saturated rings. The van der Waals surface area contributed by atoms with E-state index < -0.39 is 11.6 Å². The molecule has 0 amide bonds. The zero-order valence-electron chi connectivity index (χ0n) is 10.8. The van der Waals surface area contributed by atoms with E-state index >= 15 is 0 Å². The van der Waals surface area contributed by atoms with Gasteiger partial charge in [-0.3, -0.25) is 0 Å². The Morgan fingerprint density at radius 2 is 1.85 bits per heavy atom. The molecule has 0 radical (unpaired) electrons. The number of hydrogen-bond donors (Lipinski definition) is 1. The second-order valence-corrected chi connectivity index (χ2v) is 5.25. The van der Waals surface area contributed by atoms with Gasteiger partial charge in [0.2, 0.25) is 0 Å². The van der Waals surface area contributed by atoms with Gasteiger partial charge in [-0.15, -0.1) is 0 Å².